The largest absolute Gasteiger partial charge is 0.497 e. The molecule has 0 aromatic heterocycles. The highest BCUT2D eigenvalue weighted by molar-refractivity contribution is 5.97. The van der Waals surface area contributed by atoms with E-state index in [1.165, 1.54) is 7.11 Å². The molecule has 0 aliphatic carbocycles. The van der Waals surface area contributed by atoms with Gasteiger partial charge in [0, 0.05) is 5.56 Å². The first-order valence-corrected chi connectivity index (χ1v) is 7.14. The molecule has 0 heterocycles. The molecule has 0 saturated carbocycles. The van der Waals surface area contributed by atoms with Crippen LogP contribution in [0.1, 0.15) is 27.5 Å². The first-order chi connectivity index (χ1) is 11.0. The molecule has 0 aliphatic rings. The fourth-order valence-electron chi connectivity index (χ4n) is 2.11. The number of benzene rings is 2. The van der Waals surface area contributed by atoms with Gasteiger partial charge in [0.25, 0.3) is 5.91 Å². The van der Waals surface area contributed by atoms with Crippen molar-refractivity contribution < 1.29 is 19.1 Å². The summed E-state index contributed by atoms with van der Waals surface area (Å²) < 4.78 is 9.86. The van der Waals surface area contributed by atoms with Crippen LogP contribution in [0.15, 0.2) is 48.5 Å². The van der Waals surface area contributed by atoms with Crippen molar-refractivity contribution in [2.24, 2.45) is 0 Å². The Balaban J connectivity index is 2.21. The highest BCUT2D eigenvalue weighted by Crippen LogP contribution is 2.17. The number of carbonyl (C=O) groups excluding carboxylic acids is 2. The third-order valence-electron chi connectivity index (χ3n) is 3.48. The summed E-state index contributed by atoms with van der Waals surface area (Å²) >= 11 is 0. The topological polar surface area (TPSA) is 64.6 Å². The first-order valence-electron chi connectivity index (χ1n) is 7.14. The fourth-order valence-corrected chi connectivity index (χ4v) is 2.11. The third kappa shape index (κ3) is 4.10. The molecule has 23 heavy (non-hydrogen) atoms. The van der Waals surface area contributed by atoms with Crippen LogP contribution in [-0.2, 0) is 9.53 Å². The monoisotopic (exact) mass is 313 g/mol. The zero-order valence-corrected chi connectivity index (χ0v) is 13.3. The second kappa shape index (κ2) is 7.45. The summed E-state index contributed by atoms with van der Waals surface area (Å²) in [5.74, 6) is -0.219. The molecule has 5 heteroatoms. The lowest BCUT2D eigenvalue weighted by Crippen LogP contribution is -2.34. The SMILES string of the molecule is COC(=O)C(NC(=O)c1ccc(OC)cc1)c1ccc(C)cc1. The van der Waals surface area contributed by atoms with E-state index in [0.717, 1.165) is 5.56 Å². The number of carbonyl (C=O) groups is 2. The molecule has 0 aliphatic heterocycles. The van der Waals surface area contributed by atoms with E-state index in [2.05, 4.69) is 5.32 Å². The van der Waals surface area contributed by atoms with Crippen molar-refractivity contribution in [1.82, 2.24) is 5.32 Å². The Hall–Kier alpha value is -2.82. The number of hydrogen-bond donors (Lipinski definition) is 1. The molecule has 0 spiro atoms. The predicted octanol–water partition coefficient (Wildman–Crippen LogP) is 2.65. The number of hydrogen-bond acceptors (Lipinski definition) is 4. The average molecular weight is 313 g/mol. The predicted molar refractivity (Wildman–Crippen MR) is 86.4 cm³/mol. The summed E-state index contributed by atoms with van der Waals surface area (Å²) in [7, 11) is 2.85. The average Bonchev–Trinajstić information content (AvgIpc) is 2.59. The van der Waals surface area contributed by atoms with E-state index in [-0.39, 0.29) is 5.91 Å². The zero-order chi connectivity index (χ0) is 16.8. The van der Waals surface area contributed by atoms with E-state index in [0.29, 0.717) is 16.9 Å². The van der Waals surface area contributed by atoms with Crippen molar-refractivity contribution in [2.45, 2.75) is 13.0 Å². The number of nitrogens with one attached hydrogen (secondary N) is 1. The van der Waals surface area contributed by atoms with Crippen LogP contribution in [0.2, 0.25) is 0 Å². The molecule has 1 unspecified atom stereocenters. The molecule has 0 fully saturated rings. The van der Waals surface area contributed by atoms with Crippen LogP contribution in [0.3, 0.4) is 0 Å². The lowest BCUT2D eigenvalue weighted by Gasteiger charge is -2.17. The second-order valence-corrected chi connectivity index (χ2v) is 5.07. The molecule has 120 valence electrons. The second-order valence-electron chi connectivity index (χ2n) is 5.07. The molecule has 1 amide bonds. The van der Waals surface area contributed by atoms with Gasteiger partial charge in [0.2, 0.25) is 0 Å². The van der Waals surface area contributed by atoms with Gasteiger partial charge in [-0.1, -0.05) is 29.8 Å². The highest BCUT2D eigenvalue weighted by atomic mass is 16.5. The summed E-state index contributed by atoms with van der Waals surface area (Å²) in [5, 5.41) is 2.70. The van der Waals surface area contributed by atoms with Crippen molar-refractivity contribution in [3.63, 3.8) is 0 Å². The summed E-state index contributed by atoms with van der Waals surface area (Å²) in [5.41, 5.74) is 2.18. The number of ether oxygens (including phenoxy) is 2. The Morgan fingerprint density at radius 1 is 0.957 bits per heavy atom. The quantitative estimate of drug-likeness (QED) is 0.862. The van der Waals surface area contributed by atoms with Gasteiger partial charge in [-0.15, -0.1) is 0 Å². The van der Waals surface area contributed by atoms with Gasteiger partial charge in [-0.2, -0.15) is 0 Å². The normalized spacial score (nSPS) is 11.4. The van der Waals surface area contributed by atoms with Crippen molar-refractivity contribution >= 4 is 11.9 Å². The van der Waals surface area contributed by atoms with Crippen LogP contribution < -0.4 is 10.1 Å². The Kier molecular flexibility index (Phi) is 5.36. The summed E-state index contributed by atoms with van der Waals surface area (Å²) in [6, 6.07) is 13.2. The summed E-state index contributed by atoms with van der Waals surface area (Å²) in [4.78, 5) is 24.4. The lowest BCUT2D eigenvalue weighted by atomic mass is 10.0. The van der Waals surface area contributed by atoms with E-state index in [1.54, 1.807) is 43.5 Å². The van der Waals surface area contributed by atoms with E-state index < -0.39 is 12.0 Å². The van der Waals surface area contributed by atoms with Gasteiger partial charge >= 0.3 is 5.97 Å². The van der Waals surface area contributed by atoms with Gasteiger partial charge < -0.3 is 14.8 Å². The van der Waals surface area contributed by atoms with Crippen molar-refractivity contribution in [3.05, 3.63) is 65.2 Å². The van der Waals surface area contributed by atoms with E-state index in [9.17, 15) is 9.59 Å². The molecule has 2 rings (SSSR count). The van der Waals surface area contributed by atoms with Crippen LogP contribution in [0.5, 0.6) is 5.75 Å². The smallest absolute Gasteiger partial charge is 0.333 e. The van der Waals surface area contributed by atoms with Crippen molar-refractivity contribution in [2.75, 3.05) is 14.2 Å². The van der Waals surface area contributed by atoms with E-state index in [4.69, 9.17) is 9.47 Å². The molecule has 2 aromatic carbocycles. The van der Waals surface area contributed by atoms with E-state index in [1.807, 2.05) is 19.1 Å². The Morgan fingerprint density at radius 3 is 2.09 bits per heavy atom. The minimum Gasteiger partial charge on any atom is -0.497 e. The molecule has 0 radical (unpaired) electrons. The van der Waals surface area contributed by atoms with Gasteiger partial charge in [0.1, 0.15) is 5.75 Å². The summed E-state index contributed by atoms with van der Waals surface area (Å²) in [6.45, 7) is 1.95. The van der Waals surface area contributed by atoms with Gasteiger partial charge in [-0.05, 0) is 36.8 Å². The number of amides is 1. The molecule has 0 bridgehead atoms. The van der Waals surface area contributed by atoms with Crippen LogP contribution in [-0.4, -0.2) is 26.1 Å². The Labute approximate surface area is 135 Å². The van der Waals surface area contributed by atoms with Crippen LogP contribution in [0.4, 0.5) is 0 Å². The molecule has 1 atom stereocenters. The minimum atomic E-state index is -0.852. The number of esters is 1. The standard InChI is InChI=1S/C18H19NO4/c1-12-4-6-13(7-5-12)16(18(21)23-3)19-17(20)14-8-10-15(22-2)11-9-14/h4-11,16H,1-3H3,(H,19,20). The maximum absolute atomic E-state index is 12.4. The Bertz CT molecular complexity index is 677. The fraction of sp³-hybridized carbons (Fsp3) is 0.222. The molecular formula is C18H19NO4. The summed E-state index contributed by atoms with van der Waals surface area (Å²) in [6.07, 6.45) is 0. The van der Waals surface area contributed by atoms with Gasteiger partial charge in [0.05, 0.1) is 14.2 Å². The maximum atomic E-state index is 12.4. The molecule has 5 nitrogen and oxygen atoms in total. The molecular weight excluding hydrogens is 294 g/mol. The van der Waals surface area contributed by atoms with E-state index >= 15 is 0 Å². The molecule has 1 N–H and O–H groups in total. The third-order valence-corrected chi connectivity index (χ3v) is 3.48. The number of methoxy groups -OCH3 is 2. The first kappa shape index (κ1) is 16.5. The number of rotatable bonds is 5. The molecule has 2 aromatic rings. The lowest BCUT2D eigenvalue weighted by molar-refractivity contribution is -0.143. The highest BCUT2D eigenvalue weighted by Gasteiger charge is 2.24. The number of aryl methyl sites for hydroxylation is 1. The minimum absolute atomic E-state index is 0.358. The van der Waals surface area contributed by atoms with Crippen molar-refractivity contribution in [3.8, 4) is 5.75 Å². The van der Waals surface area contributed by atoms with Crippen molar-refractivity contribution in [1.29, 1.82) is 0 Å². The maximum Gasteiger partial charge on any atom is 0.333 e. The van der Waals surface area contributed by atoms with Crippen LogP contribution >= 0.6 is 0 Å². The molecule has 0 saturated heterocycles. The van der Waals surface area contributed by atoms with Crippen LogP contribution in [0, 0.1) is 6.92 Å². The zero-order valence-electron chi connectivity index (χ0n) is 13.3. The van der Waals surface area contributed by atoms with Gasteiger partial charge in [-0.25, -0.2) is 4.79 Å². The van der Waals surface area contributed by atoms with Gasteiger partial charge in [-0.3, -0.25) is 4.79 Å². The van der Waals surface area contributed by atoms with Crippen LogP contribution in [0.25, 0.3) is 0 Å². The van der Waals surface area contributed by atoms with Gasteiger partial charge in [0.15, 0.2) is 6.04 Å². The Morgan fingerprint density at radius 2 is 1.57 bits per heavy atom.